The number of hydrogen-bond donors (Lipinski definition) is 1. The van der Waals surface area contributed by atoms with Crippen molar-refractivity contribution >= 4 is 27.7 Å². The SMILES string of the molecule is CCC(C)NC(=O)C(Cc1ccccc1)N(Cc1ccc(Br)cc1)C(=O)COc1ccccc1C(C)(C)C. The van der Waals surface area contributed by atoms with E-state index in [4.69, 9.17) is 4.74 Å². The molecule has 5 nitrogen and oxygen atoms in total. The first kappa shape index (κ1) is 29.4. The van der Waals surface area contributed by atoms with Gasteiger partial charge in [0.05, 0.1) is 0 Å². The van der Waals surface area contributed by atoms with Crippen molar-refractivity contribution in [1.82, 2.24) is 10.2 Å². The van der Waals surface area contributed by atoms with Crippen LogP contribution in [0.1, 0.15) is 57.7 Å². The summed E-state index contributed by atoms with van der Waals surface area (Å²) < 4.78 is 7.07. The molecule has 2 atom stereocenters. The predicted molar refractivity (Wildman–Crippen MR) is 157 cm³/mol. The summed E-state index contributed by atoms with van der Waals surface area (Å²) in [5.41, 5.74) is 2.82. The minimum atomic E-state index is -0.691. The Morgan fingerprint density at radius 1 is 0.921 bits per heavy atom. The Morgan fingerprint density at radius 2 is 1.55 bits per heavy atom. The molecule has 3 aromatic rings. The molecular weight excluding hydrogens is 540 g/mol. The van der Waals surface area contributed by atoms with Crippen LogP contribution in [0, 0.1) is 0 Å². The highest BCUT2D eigenvalue weighted by Gasteiger charge is 2.31. The van der Waals surface area contributed by atoms with Crippen LogP contribution in [0.4, 0.5) is 0 Å². The fourth-order valence-electron chi connectivity index (χ4n) is 4.22. The third kappa shape index (κ3) is 8.45. The molecule has 0 fully saturated rings. The Morgan fingerprint density at radius 3 is 2.18 bits per heavy atom. The summed E-state index contributed by atoms with van der Waals surface area (Å²) in [7, 11) is 0. The Bertz CT molecular complexity index is 1190. The van der Waals surface area contributed by atoms with Crippen LogP contribution >= 0.6 is 15.9 Å². The maximum atomic E-state index is 13.9. The predicted octanol–water partition coefficient (Wildman–Crippen LogP) is 6.68. The minimum Gasteiger partial charge on any atom is -0.483 e. The largest absolute Gasteiger partial charge is 0.483 e. The van der Waals surface area contributed by atoms with Crippen molar-refractivity contribution in [3.8, 4) is 5.75 Å². The Kier molecular flexibility index (Phi) is 10.5. The van der Waals surface area contributed by atoms with Crippen LogP contribution in [0.5, 0.6) is 5.75 Å². The van der Waals surface area contributed by atoms with E-state index in [9.17, 15) is 9.59 Å². The molecule has 3 rings (SSSR count). The first-order valence-electron chi connectivity index (χ1n) is 13.2. The molecule has 2 unspecified atom stereocenters. The molecule has 0 saturated carbocycles. The summed E-state index contributed by atoms with van der Waals surface area (Å²) in [6.07, 6.45) is 1.21. The van der Waals surface area contributed by atoms with E-state index in [0.717, 1.165) is 27.6 Å². The number of nitrogens with zero attached hydrogens (tertiary/aromatic N) is 1. The van der Waals surface area contributed by atoms with Crippen LogP contribution in [-0.4, -0.2) is 35.4 Å². The standard InChI is InChI=1S/C32H39BrN2O3/c1-6-23(2)34-31(37)28(20-24-12-8-7-9-13-24)35(21-25-16-18-26(33)19-17-25)30(36)22-38-29-15-11-10-14-27(29)32(3,4)5/h7-19,23,28H,6,20-22H2,1-5H3,(H,34,37). The van der Waals surface area contributed by atoms with E-state index in [1.807, 2.05) is 92.7 Å². The molecule has 2 amide bonds. The molecule has 0 aliphatic carbocycles. The zero-order valence-electron chi connectivity index (χ0n) is 23.0. The zero-order chi connectivity index (χ0) is 27.7. The molecule has 38 heavy (non-hydrogen) atoms. The van der Waals surface area contributed by atoms with Crippen molar-refractivity contribution in [3.63, 3.8) is 0 Å². The molecule has 0 bridgehead atoms. The summed E-state index contributed by atoms with van der Waals surface area (Å²) in [6.45, 7) is 10.5. The molecule has 0 saturated heterocycles. The Labute approximate surface area is 235 Å². The van der Waals surface area contributed by atoms with Gasteiger partial charge in [0, 0.05) is 23.5 Å². The molecule has 1 N–H and O–H groups in total. The number of rotatable bonds is 11. The van der Waals surface area contributed by atoms with Gasteiger partial charge in [-0.1, -0.05) is 104 Å². The highest BCUT2D eigenvalue weighted by molar-refractivity contribution is 9.10. The quantitative estimate of drug-likeness (QED) is 0.276. The van der Waals surface area contributed by atoms with E-state index in [0.29, 0.717) is 18.7 Å². The fourth-order valence-corrected chi connectivity index (χ4v) is 4.48. The smallest absolute Gasteiger partial charge is 0.261 e. The first-order valence-corrected chi connectivity index (χ1v) is 14.0. The van der Waals surface area contributed by atoms with E-state index in [1.54, 1.807) is 4.90 Å². The minimum absolute atomic E-state index is 0.000295. The van der Waals surface area contributed by atoms with Gasteiger partial charge in [-0.25, -0.2) is 0 Å². The van der Waals surface area contributed by atoms with Crippen molar-refractivity contribution in [3.05, 3.63) is 100 Å². The normalized spacial score (nSPS) is 12.9. The van der Waals surface area contributed by atoms with Crippen LogP contribution < -0.4 is 10.1 Å². The van der Waals surface area contributed by atoms with Crippen molar-refractivity contribution in [2.45, 2.75) is 71.5 Å². The molecule has 0 aliphatic heterocycles. The van der Waals surface area contributed by atoms with Gasteiger partial charge < -0.3 is 15.0 Å². The molecule has 0 radical (unpaired) electrons. The highest BCUT2D eigenvalue weighted by Crippen LogP contribution is 2.31. The van der Waals surface area contributed by atoms with Gasteiger partial charge in [0.2, 0.25) is 5.91 Å². The summed E-state index contributed by atoms with van der Waals surface area (Å²) in [4.78, 5) is 29.1. The third-order valence-corrected chi connectivity index (χ3v) is 7.11. The Balaban J connectivity index is 1.94. The fraction of sp³-hybridized carbons (Fsp3) is 0.375. The van der Waals surface area contributed by atoms with Gasteiger partial charge in [-0.15, -0.1) is 0 Å². The summed E-state index contributed by atoms with van der Waals surface area (Å²) in [5, 5.41) is 3.10. The zero-order valence-corrected chi connectivity index (χ0v) is 24.6. The van der Waals surface area contributed by atoms with Gasteiger partial charge in [-0.3, -0.25) is 9.59 Å². The highest BCUT2D eigenvalue weighted by atomic mass is 79.9. The molecule has 0 spiro atoms. The molecule has 6 heteroatoms. The molecular formula is C32H39BrN2O3. The number of amides is 2. The number of nitrogens with one attached hydrogen (secondary N) is 1. The second-order valence-electron chi connectivity index (χ2n) is 10.7. The maximum Gasteiger partial charge on any atom is 0.261 e. The topological polar surface area (TPSA) is 58.6 Å². The average molecular weight is 580 g/mol. The summed E-state index contributed by atoms with van der Waals surface area (Å²) >= 11 is 3.48. The van der Waals surface area contributed by atoms with E-state index < -0.39 is 6.04 Å². The number of halogens is 1. The van der Waals surface area contributed by atoms with Crippen LogP contribution in [0.25, 0.3) is 0 Å². The summed E-state index contributed by atoms with van der Waals surface area (Å²) in [6, 6.07) is 24.8. The monoisotopic (exact) mass is 578 g/mol. The van der Waals surface area contributed by atoms with E-state index >= 15 is 0 Å². The number of para-hydroxylation sites is 1. The van der Waals surface area contributed by atoms with E-state index in [2.05, 4.69) is 42.0 Å². The van der Waals surface area contributed by atoms with Gasteiger partial charge in [-0.05, 0) is 53.6 Å². The van der Waals surface area contributed by atoms with Crippen molar-refractivity contribution in [2.24, 2.45) is 0 Å². The second kappa shape index (κ2) is 13.6. The van der Waals surface area contributed by atoms with Crippen molar-refractivity contribution < 1.29 is 14.3 Å². The van der Waals surface area contributed by atoms with Crippen molar-refractivity contribution in [2.75, 3.05) is 6.61 Å². The van der Waals surface area contributed by atoms with E-state index in [1.165, 1.54) is 0 Å². The lowest BCUT2D eigenvalue weighted by Crippen LogP contribution is -2.53. The van der Waals surface area contributed by atoms with Crippen molar-refractivity contribution in [1.29, 1.82) is 0 Å². The number of ether oxygens (including phenoxy) is 1. The number of carbonyl (C=O) groups is 2. The first-order chi connectivity index (χ1) is 18.1. The molecule has 0 aromatic heterocycles. The summed E-state index contributed by atoms with van der Waals surface area (Å²) in [5.74, 6) is 0.279. The van der Waals surface area contributed by atoms with Gasteiger partial charge >= 0.3 is 0 Å². The number of carbonyl (C=O) groups excluding carboxylic acids is 2. The molecule has 0 heterocycles. The maximum absolute atomic E-state index is 13.9. The number of benzene rings is 3. The van der Waals surface area contributed by atoms with Crippen LogP contribution in [0.2, 0.25) is 0 Å². The lowest BCUT2D eigenvalue weighted by Gasteiger charge is -2.32. The second-order valence-corrected chi connectivity index (χ2v) is 11.6. The van der Waals surface area contributed by atoms with E-state index in [-0.39, 0.29) is 29.9 Å². The lowest BCUT2D eigenvalue weighted by atomic mass is 9.86. The van der Waals surface area contributed by atoms with Crippen LogP contribution in [0.3, 0.4) is 0 Å². The molecule has 202 valence electrons. The third-order valence-electron chi connectivity index (χ3n) is 6.58. The molecule has 0 aliphatic rings. The van der Waals surface area contributed by atoms with Gasteiger partial charge in [0.15, 0.2) is 6.61 Å². The van der Waals surface area contributed by atoms with Crippen LogP contribution in [-0.2, 0) is 28.0 Å². The molecule has 3 aromatic carbocycles. The number of hydrogen-bond acceptors (Lipinski definition) is 3. The Hall–Kier alpha value is -3.12. The van der Waals surface area contributed by atoms with Gasteiger partial charge in [0.25, 0.3) is 5.91 Å². The van der Waals surface area contributed by atoms with Crippen LogP contribution in [0.15, 0.2) is 83.3 Å². The average Bonchev–Trinajstić information content (AvgIpc) is 2.90. The van der Waals surface area contributed by atoms with Gasteiger partial charge in [-0.2, -0.15) is 0 Å². The van der Waals surface area contributed by atoms with Gasteiger partial charge in [0.1, 0.15) is 11.8 Å². The lowest BCUT2D eigenvalue weighted by molar-refractivity contribution is -0.143.